The minimum Gasteiger partial charge on any atom is -0.494 e. The number of carbonyl (C=O) groups is 2. The molecule has 0 aliphatic carbocycles. The van der Waals surface area contributed by atoms with Crippen molar-refractivity contribution in [3.63, 3.8) is 0 Å². The van der Waals surface area contributed by atoms with E-state index in [2.05, 4.69) is 27.8 Å². The summed E-state index contributed by atoms with van der Waals surface area (Å²) in [5, 5.41) is 15.6. The summed E-state index contributed by atoms with van der Waals surface area (Å²) in [4.78, 5) is 33.2. The van der Waals surface area contributed by atoms with Crippen LogP contribution in [0, 0.1) is 0 Å². The molecule has 0 radical (unpaired) electrons. The van der Waals surface area contributed by atoms with Gasteiger partial charge in [-0.05, 0) is 73.2 Å². The van der Waals surface area contributed by atoms with E-state index in [-0.39, 0.29) is 6.42 Å². The van der Waals surface area contributed by atoms with Gasteiger partial charge in [0.25, 0.3) is 5.91 Å². The van der Waals surface area contributed by atoms with Crippen LogP contribution in [-0.2, 0) is 24.1 Å². The molecule has 1 aliphatic heterocycles. The molecule has 1 atom stereocenters. The summed E-state index contributed by atoms with van der Waals surface area (Å²) in [5.41, 5.74) is 4.52. The molecule has 0 bridgehead atoms. The number of fused-ring (bicyclic) bond motifs is 2. The maximum absolute atomic E-state index is 12.6. The van der Waals surface area contributed by atoms with Crippen molar-refractivity contribution in [2.45, 2.75) is 38.1 Å². The molecule has 4 aromatic rings. The van der Waals surface area contributed by atoms with Gasteiger partial charge in [0.2, 0.25) is 0 Å². The van der Waals surface area contributed by atoms with Crippen molar-refractivity contribution in [1.29, 1.82) is 0 Å². The second-order valence-corrected chi connectivity index (χ2v) is 9.04. The average Bonchev–Trinajstić information content (AvgIpc) is 3.39. The largest absolute Gasteiger partial charge is 0.494 e. The molecule has 37 heavy (non-hydrogen) atoms. The number of ether oxygens (including phenoxy) is 1. The standard InChI is InChI=1S/C28H28N4O5/c33-27(20-8-12-25-23(16-20)30-17-37-25)32-24(28(34)35)15-18-5-10-22(11-6-18)36-14-2-4-21-9-7-19-3-1-13-29-26(19)31-21/h5-12,16-17,24H,1-4,13-15H2,(H,29,31)(H,32,33)(H,34,35)/t24-/m1/s1. The minimum atomic E-state index is -1.11. The van der Waals surface area contributed by atoms with Gasteiger partial charge in [0, 0.05) is 24.2 Å². The van der Waals surface area contributed by atoms with E-state index in [9.17, 15) is 14.7 Å². The summed E-state index contributed by atoms with van der Waals surface area (Å²) in [6, 6.07) is 15.2. The Morgan fingerprint density at radius 2 is 2.00 bits per heavy atom. The highest BCUT2D eigenvalue weighted by Crippen LogP contribution is 2.20. The first-order valence-corrected chi connectivity index (χ1v) is 12.4. The van der Waals surface area contributed by atoms with Gasteiger partial charge in [-0.1, -0.05) is 18.2 Å². The van der Waals surface area contributed by atoms with Crippen LogP contribution < -0.4 is 15.4 Å². The van der Waals surface area contributed by atoms with E-state index in [1.807, 2.05) is 24.3 Å². The van der Waals surface area contributed by atoms with Gasteiger partial charge in [-0.15, -0.1) is 0 Å². The normalized spacial score (nSPS) is 13.4. The summed E-state index contributed by atoms with van der Waals surface area (Å²) in [6.45, 7) is 1.53. The fourth-order valence-corrected chi connectivity index (χ4v) is 4.35. The molecule has 0 saturated heterocycles. The fraction of sp³-hybridized carbons (Fsp3) is 0.286. The van der Waals surface area contributed by atoms with Crippen molar-refractivity contribution in [3.05, 3.63) is 83.4 Å². The Kier molecular flexibility index (Phi) is 7.30. The number of carboxylic acid groups (broad SMARTS) is 1. The lowest BCUT2D eigenvalue weighted by Crippen LogP contribution is -2.42. The maximum atomic E-state index is 12.6. The van der Waals surface area contributed by atoms with Crippen LogP contribution in [0.5, 0.6) is 5.75 Å². The van der Waals surface area contributed by atoms with Crippen LogP contribution in [0.4, 0.5) is 5.82 Å². The Bertz CT molecular complexity index is 1400. The van der Waals surface area contributed by atoms with E-state index >= 15 is 0 Å². The summed E-state index contributed by atoms with van der Waals surface area (Å²) < 4.78 is 11.0. The molecule has 0 unspecified atom stereocenters. The lowest BCUT2D eigenvalue weighted by atomic mass is 10.0. The predicted molar refractivity (Wildman–Crippen MR) is 138 cm³/mol. The molecule has 190 valence electrons. The molecular weight excluding hydrogens is 472 g/mol. The predicted octanol–water partition coefficient (Wildman–Crippen LogP) is 4.02. The number of nitrogens with one attached hydrogen (secondary N) is 2. The van der Waals surface area contributed by atoms with E-state index in [1.165, 1.54) is 12.0 Å². The van der Waals surface area contributed by atoms with E-state index in [0.717, 1.165) is 49.3 Å². The number of oxazole rings is 1. The molecule has 1 aliphatic rings. The second-order valence-electron chi connectivity index (χ2n) is 9.04. The highest BCUT2D eigenvalue weighted by molar-refractivity contribution is 5.98. The van der Waals surface area contributed by atoms with Crippen molar-refractivity contribution in [2.24, 2.45) is 0 Å². The molecule has 3 heterocycles. The molecule has 9 heteroatoms. The van der Waals surface area contributed by atoms with E-state index in [0.29, 0.717) is 29.0 Å². The van der Waals surface area contributed by atoms with Crippen LogP contribution >= 0.6 is 0 Å². The summed E-state index contributed by atoms with van der Waals surface area (Å²) >= 11 is 0. The number of benzene rings is 2. The monoisotopic (exact) mass is 500 g/mol. The van der Waals surface area contributed by atoms with E-state index < -0.39 is 17.9 Å². The number of aliphatic carboxylic acids is 1. The highest BCUT2D eigenvalue weighted by Gasteiger charge is 2.21. The first kappa shape index (κ1) is 24.3. The number of rotatable bonds is 10. The molecule has 3 N–H and O–H groups in total. The Morgan fingerprint density at radius 1 is 1.14 bits per heavy atom. The zero-order valence-corrected chi connectivity index (χ0v) is 20.3. The van der Waals surface area contributed by atoms with Gasteiger partial charge in [0.15, 0.2) is 12.0 Å². The van der Waals surface area contributed by atoms with Gasteiger partial charge >= 0.3 is 5.97 Å². The van der Waals surface area contributed by atoms with Crippen molar-refractivity contribution < 1.29 is 23.8 Å². The van der Waals surface area contributed by atoms with Crippen molar-refractivity contribution in [3.8, 4) is 5.75 Å². The van der Waals surface area contributed by atoms with Crippen LogP contribution in [0.25, 0.3) is 11.1 Å². The number of carboxylic acids is 1. The molecule has 2 aromatic carbocycles. The third kappa shape index (κ3) is 6.06. The Balaban J connectivity index is 1.11. The SMILES string of the molecule is O=C(N[C@H](Cc1ccc(OCCCc2ccc3c(n2)NCCC3)cc1)C(=O)O)c1ccc2ocnc2c1. The Labute approximate surface area is 213 Å². The lowest BCUT2D eigenvalue weighted by Gasteiger charge is -2.17. The molecule has 5 rings (SSSR count). The van der Waals surface area contributed by atoms with Crippen molar-refractivity contribution >= 4 is 28.8 Å². The van der Waals surface area contributed by atoms with Crippen LogP contribution in [0.2, 0.25) is 0 Å². The van der Waals surface area contributed by atoms with Gasteiger partial charge in [-0.25, -0.2) is 14.8 Å². The number of hydrogen-bond donors (Lipinski definition) is 3. The number of aryl methyl sites for hydroxylation is 2. The number of hydrogen-bond acceptors (Lipinski definition) is 7. The van der Waals surface area contributed by atoms with Crippen LogP contribution in [0.15, 0.2) is 65.4 Å². The fourth-order valence-electron chi connectivity index (χ4n) is 4.35. The molecule has 2 aromatic heterocycles. The van der Waals surface area contributed by atoms with Crippen LogP contribution in [0.3, 0.4) is 0 Å². The first-order valence-electron chi connectivity index (χ1n) is 12.4. The zero-order valence-electron chi connectivity index (χ0n) is 20.3. The van der Waals surface area contributed by atoms with Gasteiger partial charge in [-0.2, -0.15) is 0 Å². The number of pyridine rings is 1. The third-order valence-electron chi connectivity index (χ3n) is 6.36. The number of amides is 1. The van der Waals surface area contributed by atoms with Crippen molar-refractivity contribution in [1.82, 2.24) is 15.3 Å². The van der Waals surface area contributed by atoms with Gasteiger partial charge in [0.1, 0.15) is 23.1 Å². The number of aromatic nitrogens is 2. The second kappa shape index (κ2) is 11.1. The molecule has 0 spiro atoms. The number of nitrogens with zero attached hydrogens (tertiary/aromatic N) is 2. The lowest BCUT2D eigenvalue weighted by molar-refractivity contribution is -0.139. The number of carbonyl (C=O) groups excluding carboxylic acids is 1. The average molecular weight is 501 g/mol. The Hall–Kier alpha value is -4.40. The van der Waals surface area contributed by atoms with Crippen molar-refractivity contribution in [2.75, 3.05) is 18.5 Å². The molecule has 9 nitrogen and oxygen atoms in total. The summed E-state index contributed by atoms with van der Waals surface area (Å²) in [6.07, 6.45) is 5.33. The maximum Gasteiger partial charge on any atom is 0.326 e. The minimum absolute atomic E-state index is 0.144. The van der Waals surface area contributed by atoms with Gasteiger partial charge < -0.3 is 24.9 Å². The van der Waals surface area contributed by atoms with E-state index in [1.54, 1.807) is 18.2 Å². The molecule has 1 amide bonds. The first-order chi connectivity index (χ1) is 18.0. The van der Waals surface area contributed by atoms with Gasteiger partial charge in [0.05, 0.1) is 6.61 Å². The highest BCUT2D eigenvalue weighted by atomic mass is 16.5. The number of anilines is 1. The molecule has 0 fully saturated rings. The van der Waals surface area contributed by atoms with Crippen LogP contribution in [0.1, 0.15) is 40.0 Å². The van der Waals surface area contributed by atoms with E-state index in [4.69, 9.17) is 14.1 Å². The summed E-state index contributed by atoms with van der Waals surface area (Å²) in [5.74, 6) is 0.122. The topological polar surface area (TPSA) is 127 Å². The summed E-state index contributed by atoms with van der Waals surface area (Å²) in [7, 11) is 0. The quantitative estimate of drug-likeness (QED) is 0.279. The zero-order chi connectivity index (χ0) is 25.6. The third-order valence-corrected chi connectivity index (χ3v) is 6.36. The molecule has 0 saturated carbocycles. The Morgan fingerprint density at radius 3 is 2.84 bits per heavy atom. The van der Waals surface area contributed by atoms with Crippen LogP contribution in [-0.4, -0.2) is 46.1 Å². The smallest absolute Gasteiger partial charge is 0.326 e. The molecular formula is C28H28N4O5. The van der Waals surface area contributed by atoms with Gasteiger partial charge in [-0.3, -0.25) is 4.79 Å².